The summed E-state index contributed by atoms with van der Waals surface area (Å²) in [5.74, 6) is 4.86. The summed E-state index contributed by atoms with van der Waals surface area (Å²) in [6, 6.07) is 67.2. The fourth-order valence-corrected chi connectivity index (χ4v) is 12.5. The molecular formula is C81H60N4O8. The minimum Gasteiger partial charge on any atom is -0.456 e. The van der Waals surface area contributed by atoms with Crippen LogP contribution >= 0.6 is 0 Å². The average Bonchev–Trinajstić information content (AvgIpc) is 1.52. The SMILES string of the molecule is C=Cc1ccc(Oc2cccc(Oc3cc4c(cc3Oc3cccc(Oc5ccc(C=C)cc5)c3C#N)C3(CC4(C)C)CC(C)(C)c4cc(Oc5cccc(Oc6ccc(C=C)cc6)c5C#N)c(Oc5cccc(Oc6ccc(C=C)cc6)c5C#N)cc43)c2C#N)cc1. The van der Waals surface area contributed by atoms with E-state index in [4.69, 9.17) is 37.9 Å². The Labute approximate surface area is 540 Å². The summed E-state index contributed by atoms with van der Waals surface area (Å²) in [6.07, 6.45) is 8.12. The molecule has 0 amide bonds. The first-order valence-electron chi connectivity index (χ1n) is 29.9. The zero-order valence-corrected chi connectivity index (χ0v) is 51.6. The Morgan fingerprint density at radius 2 is 0.495 bits per heavy atom. The number of hydrogen-bond donors (Lipinski definition) is 0. The van der Waals surface area contributed by atoms with Crippen LogP contribution in [-0.2, 0) is 16.2 Å². The second-order valence-corrected chi connectivity index (χ2v) is 23.8. The van der Waals surface area contributed by atoms with Gasteiger partial charge in [0.25, 0.3) is 0 Å². The molecule has 452 valence electrons. The van der Waals surface area contributed by atoms with Gasteiger partial charge in [-0.15, -0.1) is 0 Å². The number of ether oxygens (including phenoxy) is 8. The van der Waals surface area contributed by atoms with Gasteiger partial charge in [-0.25, -0.2) is 0 Å². The maximum atomic E-state index is 11.0. The summed E-state index contributed by atoms with van der Waals surface area (Å²) < 4.78 is 53.4. The topological polar surface area (TPSA) is 169 Å². The van der Waals surface area contributed by atoms with Crippen LogP contribution in [0.4, 0.5) is 0 Å². The van der Waals surface area contributed by atoms with Crippen molar-refractivity contribution in [3.63, 3.8) is 0 Å². The summed E-state index contributed by atoms with van der Waals surface area (Å²) in [7, 11) is 0. The highest BCUT2D eigenvalue weighted by Gasteiger charge is 2.57. The Balaban J connectivity index is 1.02. The van der Waals surface area contributed by atoms with E-state index in [2.05, 4.69) is 78.3 Å². The van der Waals surface area contributed by atoms with E-state index in [1.807, 2.05) is 72.8 Å². The quantitative estimate of drug-likeness (QED) is 0.0709. The van der Waals surface area contributed by atoms with Crippen LogP contribution in [0.1, 0.15) is 107 Å². The van der Waals surface area contributed by atoms with E-state index in [0.717, 1.165) is 44.5 Å². The van der Waals surface area contributed by atoms with Gasteiger partial charge >= 0.3 is 0 Å². The maximum absolute atomic E-state index is 11.0. The minimum absolute atomic E-state index is 0.125. The third-order valence-corrected chi connectivity index (χ3v) is 16.8. The molecule has 12 rings (SSSR count). The van der Waals surface area contributed by atoms with Crippen LogP contribution in [0, 0.1) is 45.3 Å². The lowest BCUT2D eigenvalue weighted by atomic mass is 9.72. The predicted molar refractivity (Wildman–Crippen MR) is 360 cm³/mol. The van der Waals surface area contributed by atoms with E-state index in [-0.39, 0.29) is 91.2 Å². The van der Waals surface area contributed by atoms with Crippen molar-refractivity contribution in [2.45, 2.75) is 56.8 Å². The molecule has 10 aromatic rings. The Morgan fingerprint density at radius 1 is 0.290 bits per heavy atom. The first-order chi connectivity index (χ1) is 45.1. The Bertz CT molecular complexity index is 4500. The van der Waals surface area contributed by atoms with Crippen LogP contribution in [0.25, 0.3) is 24.3 Å². The molecule has 0 N–H and O–H groups in total. The number of nitrogens with zero attached hydrogens (tertiary/aromatic N) is 4. The predicted octanol–water partition coefficient (Wildman–Crippen LogP) is 21.7. The van der Waals surface area contributed by atoms with Gasteiger partial charge in [0.05, 0.1) is 0 Å². The summed E-state index contributed by atoms with van der Waals surface area (Å²) >= 11 is 0. The molecule has 0 radical (unpaired) electrons. The third kappa shape index (κ3) is 12.0. The van der Waals surface area contributed by atoms with Gasteiger partial charge in [0.1, 0.15) is 116 Å². The van der Waals surface area contributed by atoms with Gasteiger partial charge in [-0.1, -0.05) is 151 Å². The summed E-state index contributed by atoms with van der Waals surface area (Å²) in [4.78, 5) is 0. The molecule has 0 aromatic heterocycles. The van der Waals surface area contributed by atoms with Gasteiger partial charge in [0, 0.05) is 5.41 Å². The van der Waals surface area contributed by atoms with Gasteiger partial charge in [-0.3, -0.25) is 0 Å². The molecule has 12 heteroatoms. The second kappa shape index (κ2) is 25.2. The van der Waals surface area contributed by atoms with E-state index in [1.54, 1.807) is 146 Å². The van der Waals surface area contributed by atoms with E-state index in [0.29, 0.717) is 35.8 Å². The van der Waals surface area contributed by atoms with Crippen LogP contribution in [0.5, 0.6) is 92.0 Å². The van der Waals surface area contributed by atoms with Crippen molar-refractivity contribution in [1.82, 2.24) is 0 Å². The second-order valence-electron chi connectivity index (χ2n) is 23.8. The molecule has 0 saturated carbocycles. The van der Waals surface area contributed by atoms with Crippen LogP contribution < -0.4 is 37.9 Å². The molecule has 93 heavy (non-hydrogen) atoms. The normalized spacial score (nSPS) is 13.2. The maximum Gasteiger partial charge on any atom is 0.170 e. The minimum atomic E-state index is -0.772. The largest absolute Gasteiger partial charge is 0.456 e. The molecule has 1 spiro atoms. The van der Waals surface area contributed by atoms with E-state index < -0.39 is 16.2 Å². The van der Waals surface area contributed by atoms with Crippen molar-refractivity contribution >= 4 is 24.3 Å². The molecule has 0 bridgehead atoms. The van der Waals surface area contributed by atoms with Crippen LogP contribution in [0.3, 0.4) is 0 Å². The van der Waals surface area contributed by atoms with E-state index >= 15 is 0 Å². The van der Waals surface area contributed by atoms with Crippen LogP contribution in [0.15, 0.2) is 220 Å². The molecule has 2 aliphatic rings. The number of fused-ring (bicyclic) bond motifs is 4. The third-order valence-electron chi connectivity index (χ3n) is 16.8. The van der Waals surface area contributed by atoms with Crippen molar-refractivity contribution in [1.29, 1.82) is 21.0 Å². The zero-order valence-electron chi connectivity index (χ0n) is 51.6. The van der Waals surface area contributed by atoms with Crippen molar-refractivity contribution in [3.05, 3.63) is 287 Å². The smallest absolute Gasteiger partial charge is 0.170 e. The first-order valence-corrected chi connectivity index (χ1v) is 29.9. The van der Waals surface area contributed by atoms with Crippen LogP contribution in [-0.4, -0.2) is 0 Å². The molecule has 12 nitrogen and oxygen atoms in total. The Hall–Kier alpha value is -12.5. The van der Waals surface area contributed by atoms with Crippen molar-refractivity contribution < 1.29 is 37.9 Å². The Kier molecular flexibility index (Phi) is 16.5. The summed E-state index contributed by atoms with van der Waals surface area (Å²) in [5, 5.41) is 43.7. The zero-order chi connectivity index (χ0) is 65.0. The lowest BCUT2D eigenvalue weighted by Crippen LogP contribution is -2.27. The molecule has 0 atom stereocenters. The van der Waals surface area contributed by atoms with Crippen molar-refractivity contribution in [3.8, 4) is 116 Å². The fourth-order valence-electron chi connectivity index (χ4n) is 12.5. The average molecular weight is 1220 g/mol. The van der Waals surface area contributed by atoms with E-state index in [9.17, 15) is 21.0 Å². The first kappa shape index (κ1) is 60.8. The van der Waals surface area contributed by atoms with E-state index in [1.165, 1.54) is 0 Å². The molecule has 0 fully saturated rings. The molecule has 0 unspecified atom stereocenters. The molecule has 2 aliphatic carbocycles. The molecule has 0 heterocycles. The monoisotopic (exact) mass is 1220 g/mol. The number of nitriles is 4. The van der Waals surface area contributed by atoms with Crippen LogP contribution in [0.2, 0.25) is 0 Å². The molecular weight excluding hydrogens is 1160 g/mol. The molecule has 0 aliphatic heterocycles. The summed E-state index contributed by atoms with van der Waals surface area (Å²) in [5.41, 5.74) is 5.99. The van der Waals surface area contributed by atoms with Crippen molar-refractivity contribution in [2.24, 2.45) is 0 Å². The lowest BCUT2D eigenvalue weighted by Gasteiger charge is -2.31. The highest BCUT2D eigenvalue weighted by molar-refractivity contribution is 5.70. The van der Waals surface area contributed by atoms with Gasteiger partial charge in [-0.2, -0.15) is 21.0 Å². The van der Waals surface area contributed by atoms with Gasteiger partial charge in [0.2, 0.25) is 0 Å². The standard InChI is InChI=1S/C81H60N4O8/c1-9-51-25-33-55(34-26-51)86-67-17-13-21-71(59(67)45-82)90-75-41-63-65(43-77(75)92-73-23-15-19-69(61(73)47-84)88-57-37-29-53(11-3)30-38-57)81(49-79(63,5)6)50-80(7,8)64-42-76(91-72-22-14-18-68(60(72)46-83)87-56-35-27-52(10-2)28-36-56)78(44-66(64)81)93-74-24-16-20-70(62(74)48-85)89-58-39-31-54(12-4)32-40-58/h9-44H,1-4,49-50H2,5-8H3. The number of hydrogen-bond acceptors (Lipinski definition) is 12. The lowest BCUT2D eigenvalue weighted by molar-refractivity contribution is 0.349. The highest BCUT2D eigenvalue weighted by Crippen LogP contribution is 2.66. The number of benzene rings is 10. The molecule has 10 aromatic carbocycles. The highest BCUT2D eigenvalue weighted by atomic mass is 16.5. The van der Waals surface area contributed by atoms with Gasteiger partial charge in [-0.05, 0) is 190 Å². The van der Waals surface area contributed by atoms with Gasteiger partial charge in [0.15, 0.2) is 23.0 Å². The molecule has 0 saturated heterocycles. The fraction of sp³-hybridized carbons (Fsp3) is 0.111. The number of rotatable bonds is 20. The van der Waals surface area contributed by atoms with Gasteiger partial charge < -0.3 is 37.9 Å². The van der Waals surface area contributed by atoms with Crippen molar-refractivity contribution in [2.75, 3.05) is 0 Å². The summed E-state index contributed by atoms with van der Waals surface area (Å²) in [6.45, 7) is 24.2. The Morgan fingerprint density at radius 3 is 0.699 bits per heavy atom.